The Balaban J connectivity index is 2.50. The van der Waals surface area contributed by atoms with Crippen molar-refractivity contribution in [2.75, 3.05) is 0 Å². The topological polar surface area (TPSA) is 25.8 Å². The molecule has 1 aromatic carbocycles. The van der Waals surface area contributed by atoms with E-state index in [1.165, 1.54) is 33.0 Å². The van der Waals surface area contributed by atoms with Gasteiger partial charge in [0.25, 0.3) is 0 Å². The third-order valence-electron chi connectivity index (χ3n) is 4.65. The van der Waals surface area contributed by atoms with Gasteiger partial charge in [-0.1, -0.05) is 27.7 Å². The lowest BCUT2D eigenvalue weighted by Crippen LogP contribution is -2.00. The summed E-state index contributed by atoms with van der Waals surface area (Å²) in [5.41, 5.74) is 7.61. The molecule has 0 fully saturated rings. The van der Waals surface area contributed by atoms with Gasteiger partial charge < -0.3 is 0 Å². The van der Waals surface area contributed by atoms with Crippen LogP contribution in [0, 0.1) is 0 Å². The van der Waals surface area contributed by atoms with Crippen LogP contribution in [0.1, 0.15) is 49.9 Å². The zero-order valence-electron chi connectivity index (χ0n) is 14.0. The molecule has 0 atom stereocenters. The van der Waals surface area contributed by atoms with E-state index in [1.54, 1.807) is 0 Å². The Hall–Kier alpha value is -1.96. The van der Waals surface area contributed by atoms with E-state index in [2.05, 4.69) is 39.8 Å². The maximum absolute atomic E-state index is 4.76. The first kappa shape index (κ1) is 15.0. The molecule has 2 nitrogen and oxygen atoms in total. The molecule has 0 radical (unpaired) electrons. The van der Waals surface area contributed by atoms with Crippen molar-refractivity contribution in [3.63, 3.8) is 0 Å². The molecule has 22 heavy (non-hydrogen) atoms. The van der Waals surface area contributed by atoms with Crippen molar-refractivity contribution in [3.05, 3.63) is 46.8 Å². The van der Waals surface area contributed by atoms with Crippen molar-refractivity contribution in [2.24, 2.45) is 0 Å². The Kier molecular flexibility index (Phi) is 4.10. The molecule has 0 N–H and O–H groups in total. The number of fused-ring (bicyclic) bond motifs is 3. The SMILES string of the molecule is CCc1cnc2c(c1)c(CC)c(CC)c1cc(CC)cnc12. The maximum Gasteiger partial charge on any atom is 0.0967 e. The monoisotopic (exact) mass is 292 g/mol. The minimum absolute atomic E-state index is 1.02. The van der Waals surface area contributed by atoms with E-state index in [-0.39, 0.29) is 0 Å². The van der Waals surface area contributed by atoms with Crippen LogP contribution < -0.4 is 0 Å². The molecular formula is C20H24N2. The summed E-state index contributed by atoms with van der Waals surface area (Å²) < 4.78 is 0. The minimum atomic E-state index is 1.02. The fourth-order valence-corrected chi connectivity index (χ4v) is 3.37. The van der Waals surface area contributed by atoms with Gasteiger partial charge in [0.15, 0.2) is 0 Å². The Bertz CT molecular complexity index is 763. The summed E-state index contributed by atoms with van der Waals surface area (Å²) in [6.45, 7) is 8.86. The van der Waals surface area contributed by atoms with Gasteiger partial charge in [-0.3, -0.25) is 9.97 Å². The fourth-order valence-electron chi connectivity index (χ4n) is 3.37. The lowest BCUT2D eigenvalue weighted by molar-refractivity contribution is 1.05. The minimum Gasteiger partial charge on any atom is -0.254 e. The molecule has 0 saturated heterocycles. The molecule has 2 aromatic heterocycles. The maximum atomic E-state index is 4.76. The summed E-state index contributed by atoms with van der Waals surface area (Å²) >= 11 is 0. The first-order valence-electron chi connectivity index (χ1n) is 8.44. The highest BCUT2D eigenvalue weighted by molar-refractivity contribution is 6.06. The zero-order chi connectivity index (χ0) is 15.7. The molecule has 2 heteroatoms. The van der Waals surface area contributed by atoms with Crippen LogP contribution in [-0.4, -0.2) is 9.97 Å². The van der Waals surface area contributed by atoms with Gasteiger partial charge in [0.1, 0.15) is 0 Å². The van der Waals surface area contributed by atoms with Gasteiger partial charge in [-0.15, -0.1) is 0 Å². The second-order valence-corrected chi connectivity index (χ2v) is 5.85. The molecule has 0 spiro atoms. The van der Waals surface area contributed by atoms with E-state index >= 15 is 0 Å². The molecule has 0 unspecified atom stereocenters. The van der Waals surface area contributed by atoms with Crippen molar-refractivity contribution in [2.45, 2.75) is 53.4 Å². The predicted octanol–water partition coefficient (Wildman–Crippen LogP) is 5.03. The number of aromatic nitrogens is 2. The number of benzene rings is 1. The van der Waals surface area contributed by atoms with E-state index in [4.69, 9.17) is 9.97 Å². The van der Waals surface area contributed by atoms with Crippen molar-refractivity contribution in [1.82, 2.24) is 9.97 Å². The Morgan fingerprint density at radius 1 is 0.636 bits per heavy atom. The number of pyridine rings is 2. The van der Waals surface area contributed by atoms with Gasteiger partial charge in [-0.05, 0) is 60.1 Å². The molecule has 0 amide bonds. The normalized spacial score (nSPS) is 11.5. The fraction of sp³-hybridized carbons (Fsp3) is 0.400. The van der Waals surface area contributed by atoms with Gasteiger partial charge >= 0.3 is 0 Å². The van der Waals surface area contributed by atoms with E-state index < -0.39 is 0 Å². The van der Waals surface area contributed by atoms with Crippen LogP contribution in [0.3, 0.4) is 0 Å². The van der Waals surface area contributed by atoms with Crippen LogP contribution in [0.4, 0.5) is 0 Å². The average Bonchev–Trinajstić information content (AvgIpc) is 2.59. The van der Waals surface area contributed by atoms with Crippen LogP contribution in [-0.2, 0) is 25.7 Å². The Morgan fingerprint density at radius 2 is 1.05 bits per heavy atom. The van der Waals surface area contributed by atoms with Gasteiger partial charge in [0, 0.05) is 23.2 Å². The van der Waals surface area contributed by atoms with Crippen LogP contribution in [0.25, 0.3) is 21.8 Å². The number of hydrogen-bond acceptors (Lipinski definition) is 2. The molecule has 0 bridgehead atoms. The largest absolute Gasteiger partial charge is 0.254 e. The van der Waals surface area contributed by atoms with E-state index in [1.807, 2.05) is 12.4 Å². The molecule has 0 saturated carbocycles. The molecular weight excluding hydrogens is 268 g/mol. The third kappa shape index (κ3) is 2.27. The van der Waals surface area contributed by atoms with E-state index in [9.17, 15) is 0 Å². The highest BCUT2D eigenvalue weighted by Crippen LogP contribution is 2.32. The van der Waals surface area contributed by atoms with Crippen LogP contribution >= 0.6 is 0 Å². The summed E-state index contributed by atoms with van der Waals surface area (Å²) in [7, 11) is 0. The summed E-state index contributed by atoms with van der Waals surface area (Å²) in [6.07, 6.45) is 8.13. The Labute approximate surface area is 132 Å². The van der Waals surface area contributed by atoms with Gasteiger partial charge in [-0.25, -0.2) is 0 Å². The van der Waals surface area contributed by atoms with Crippen molar-refractivity contribution < 1.29 is 0 Å². The molecule has 0 aliphatic carbocycles. The molecule has 114 valence electrons. The van der Waals surface area contributed by atoms with E-state index in [0.717, 1.165) is 36.7 Å². The number of hydrogen-bond donors (Lipinski definition) is 0. The quantitative estimate of drug-likeness (QED) is 0.630. The van der Waals surface area contributed by atoms with Crippen LogP contribution in [0.15, 0.2) is 24.5 Å². The summed E-state index contributed by atoms with van der Waals surface area (Å²) in [5, 5.41) is 2.59. The lowest BCUT2D eigenvalue weighted by Gasteiger charge is -2.15. The van der Waals surface area contributed by atoms with E-state index in [0.29, 0.717) is 0 Å². The van der Waals surface area contributed by atoms with Crippen molar-refractivity contribution in [1.29, 1.82) is 0 Å². The van der Waals surface area contributed by atoms with Crippen molar-refractivity contribution >= 4 is 21.8 Å². The molecule has 3 aromatic rings. The number of aryl methyl sites for hydroxylation is 4. The highest BCUT2D eigenvalue weighted by Gasteiger charge is 2.14. The first-order chi connectivity index (χ1) is 10.7. The molecule has 0 aliphatic rings. The number of nitrogens with zero attached hydrogens (tertiary/aromatic N) is 2. The Morgan fingerprint density at radius 3 is 1.36 bits per heavy atom. The lowest BCUT2D eigenvalue weighted by atomic mass is 9.92. The summed E-state index contributed by atoms with van der Waals surface area (Å²) in [5.74, 6) is 0. The standard InChI is InChI=1S/C20H24N2/c1-5-13-9-17-15(7-3)16(8-4)18-10-14(6-2)12-22-20(18)19(17)21-11-13/h9-12H,5-8H2,1-4H3. The smallest absolute Gasteiger partial charge is 0.0967 e. The van der Waals surface area contributed by atoms with Crippen molar-refractivity contribution in [3.8, 4) is 0 Å². The first-order valence-corrected chi connectivity index (χ1v) is 8.44. The van der Waals surface area contributed by atoms with Gasteiger partial charge in [-0.2, -0.15) is 0 Å². The summed E-state index contributed by atoms with van der Waals surface area (Å²) in [6, 6.07) is 4.63. The molecule has 0 aliphatic heterocycles. The van der Waals surface area contributed by atoms with Gasteiger partial charge in [0.05, 0.1) is 11.0 Å². The van der Waals surface area contributed by atoms with Crippen LogP contribution in [0.2, 0.25) is 0 Å². The second kappa shape index (κ2) is 6.04. The second-order valence-electron chi connectivity index (χ2n) is 5.85. The third-order valence-corrected chi connectivity index (χ3v) is 4.65. The average molecular weight is 292 g/mol. The molecule has 3 rings (SSSR count). The predicted molar refractivity (Wildman–Crippen MR) is 94.6 cm³/mol. The summed E-state index contributed by atoms with van der Waals surface area (Å²) in [4.78, 5) is 9.51. The molecule has 2 heterocycles. The zero-order valence-corrected chi connectivity index (χ0v) is 14.0. The van der Waals surface area contributed by atoms with Crippen LogP contribution in [0.5, 0.6) is 0 Å². The highest BCUT2D eigenvalue weighted by atomic mass is 14.7. The number of rotatable bonds is 4. The van der Waals surface area contributed by atoms with Gasteiger partial charge in [0.2, 0.25) is 0 Å².